The Morgan fingerprint density at radius 3 is 2.23 bits per heavy atom. The largest absolute Gasteiger partial charge is 0.495 e. The average molecular weight is 590 g/mol. The summed E-state index contributed by atoms with van der Waals surface area (Å²) in [4.78, 5) is 28.9. The van der Waals surface area contributed by atoms with Crippen molar-refractivity contribution in [3.63, 3.8) is 0 Å². The van der Waals surface area contributed by atoms with Crippen LogP contribution in [-0.4, -0.2) is 57.1 Å². The van der Waals surface area contributed by atoms with Crippen LogP contribution in [0.25, 0.3) is 0 Å². The van der Waals surface area contributed by atoms with Crippen molar-refractivity contribution in [2.75, 3.05) is 24.2 Å². The number of ether oxygens (including phenoxy) is 1. The molecule has 0 saturated carbocycles. The zero-order chi connectivity index (χ0) is 29.4. The van der Waals surface area contributed by atoms with Crippen LogP contribution in [0.5, 0.6) is 5.75 Å². The number of rotatable bonds is 12. The molecule has 0 aliphatic carbocycles. The van der Waals surface area contributed by atoms with Gasteiger partial charge in [-0.05, 0) is 55.3 Å². The maximum absolute atomic E-state index is 14.0. The zero-order valence-corrected chi connectivity index (χ0v) is 24.4. The first kappa shape index (κ1) is 30.9. The summed E-state index contributed by atoms with van der Waals surface area (Å²) in [6, 6.07) is 18.0. The van der Waals surface area contributed by atoms with Crippen molar-refractivity contribution in [2.24, 2.45) is 0 Å². The van der Waals surface area contributed by atoms with Crippen molar-refractivity contribution < 1.29 is 27.1 Å². The van der Waals surface area contributed by atoms with Gasteiger partial charge in [-0.1, -0.05) is 54.1 Å². The molecule has 0 saturated heterocycles. The fourth-order valence-electron chi connectivity index (χ4n) is 4.17. The van der Waals surface area contributed by atoms with Gasteiger partial charge in [0, 0.05) is 24.0 Å². The molecule has 1 unspecified atom stereocenters. The molecular weight excluding hydrogens is 557 g/mol. The molecule has 8 nitrogen and oxygen atoms in total. The summed E-state index contributed by atoms with van der Waals surface area (Å²) in [5.74, 6) is -1.29. The van der Waals surface area contributed by atoms with Gasteiger partial charge in [-0.2, -0.15) is 0 Å². The van der Waals surface area contributed by atoms with Gasteiger partial charge in [0.2, 0.25) is 21.8 Å². The van der Waals surface area contributed by atoms with Gasteiger partial charge < -0.3 is 15.0 Å². The lowest BCUT2D eigenvalue weighted by atomic mass is 10.0. The van der Waals surface area contributed by atoms with E-state index in [0.29, 0.717) is 5.56 Å². The summed E-state index contributed by atoms with van der Waals surface area (Å²) in [5, 5.41) is 3.12. The Balaban J connectivity index is 2.09. The van der Waals surface area contributed by atoms with E-state index in [1.54, 1.807) is 19.9 Å². The van der Waals surface area contributed by atoms with Crippen LogP contribution in [0.3, 0.4) is 0 Å². The normalized spacial score (nSPS) is 12.1. The van der Waals surface area contributed by atoms with E-state index in [4.69, 9.17) is 16.3 Å². The highest BCUT2D eigenvalue weighted by atomic mass is 35.5. The molecule has 0 spiro atoms. The Kier molecular flexibility index (Phi) is 10.5. The van der Waals surface area contributed by atoms with Gasteiger partial charge in [0.15, 0.2) is 0 Å². The maximum Gasteiger partial charge on any atom is 0.244 e. The van der Waals surface area contributed by atoms with Crippen LogP contribution >= 0.6 is 11.6 Å². The van der Waals surface area contributed by atoms with Crippen molar-refractivity contribution >= 4 is 39.1 Å². The molecule has 3 aromatic rings. The molecule has 214 valence electrons. The highest BCUT2D eigenvalue weighted by Crippen LogP contribution is 2.33. The van der Waals surface area contributed by atoms with Crippen molar-refractivity contribution in [2.45, 2.75) is 38.9 Å². The number of methoxy groups -OCH3 is 1. The molecule has 0 aromatic heterocycles. The smallest absolute Gasteiger partial charge is 0.244 e. The number of anilines is 1. The fourth-order valence-corrected chi connectivity index (χ4v) is 5.19. The van der Waals surface area contributed by atoms with Crippen LogP contribution in [0.1, 0.15) is 25.0 Å². The summed E-state index contributed by atoms with van der Waals surface area (Å²) in [6.45, 7) is 2.92. The molecule has 40 heavy (non-hydrogen) atoms. The predicted molar refractivity (Wildman–Crippen MR) is 154 cm³/mol. The van der Waals surface area contributed by atoms with Gasteiger partial charge in [0.1, 0.15) is 24.2 Å². The Bertz CT molecular complexity index is 1420. The van der Waals surface area contributed by atoms with Crippen LogP contribution in [0.15, 0.2) is 72.8 Å². The molecule has 0 heterocycles. The Hall–Kier alpha value is -3.63. The summed E-state index contributed by atoms with van der Waals surface area (Å²) in [5.41, 5.74) is 1.45. The summed E-state index contributed by atoms with van der Waals surface area (Å²) in [7, 11) is -2.62. The lowest BCUT2D eigenvalue weighted by Gasteiger charge is -2.34. The zero-order valence-electron chi connectivity index (χ0n) is 22.8. The van der Waals surface area contributed by atoms with Crippen LogP contribution < -0.4 is 14.4 Å². The van der Waals surface area contributed by atoms with Crippen LogP contribution in [-0.2, 0) is 32.6 Å². The first-order valence-electron chi connectivity index (χ1n) is 12.6. The van der Waals surface area contributed by atoms with E-state index in [1.165, 1.54) is 48.4 Å². The predicted octanol–water partition coefficient (Wildman–Crippen LogP) is 4.42. The van der Waals surface area contributed by atoms with E-state index >= 15 is 0 Å². The second-order valence-electron chi connectivity index (χ2n) is 9.60. The second-order valence-corrected chi connectivity index (χ2v) is 11.9. The third-order valence-corrected chi connectivity index (χ3v) is 7.42. The Morgan fingerprint density at radius 2 is 1.65 bits per heavy atom. The van der Waals surface area contributed by atoms with Gasteiger partial charge in [-0.25, -0.2) is 12.8 Å². The number of carbonyl (C=O) groups is 2. The molecule has 1 atom stereocenters. The standard InChI is InChI=1S/C29H33ClFN3O5S/c1-20(2)32-29(36)26(16-21-8-6-5-7-9-21)33(18-22-10-13-24(31)14-11-22)28(35)19-34(40(4,37)38)25-17-23(30)12-15-27(25)39-3/h5-15,17,20,26H,16,18-19H2,1-4H3,(H,32,36). The number of nitrogens with one attached hydrogen (secondary N) is 1. The quantitative estimate of drug-likeness (QED) is 0.337. The number of sulfonamides is 1. The molecule has 11 heteroatoms. The minimum Gasteiger partial charge on any atom is -0.495 e. The van der Waals surface area contributed by atoms with E-state index in [0.717, 1.165) is 16.1 Å². The van der Waals surface area contributed by atoms with Crippen molar-refractivity contribution in [3.05, 3.63) is 94.8 Å². The van der Waals surface area contributed by atoms with Crippen molar-refractivity contribution in [1.82, 2.24) is 10.2 Å². The van der Waals surface area contributed by atoms with Gasteiger partial charge >= 0.3 is 0 Å². The molecule has 3 aromatic carbocycles. The monoisotopic (exact) mass is 589 g/mol. The minimum atomic E-state index is -4.00. The first-order valence-corrected chi connectivity index (χ1v) is 14.8. The van der Waals surface area contributed by atoms with Crippen LogP contribution in [0.4, 0.5) is 10.1 Å². The Morgan fingerprint density at radius 1 is 1.00 bits per heavy atom. The SMILES string of the molecule is COc1ccc(Cl)cc1N(CC(=O)N(Cc1ccc(F)cc1)C(Cc1ccccc1)C(=O)NC(C)C)S(C)(=O)=O. The summed E-state index contributed by atoms with van der Waals surface area (Å²) in [6.07, 6.45) is 1.14. The highest BCUT2D eigenvalue weighted by Gasteiger charge is 2.34. The maximum atomic E-state index is 14.0. The number of hydrogen-bond donors (Lipinski definition) is 1. The van der Waals surface area contributed by atoms with E-state index < -0.39 is 40.2 Å². The van der Waals surface area contributed by atoms with E-state index in [1.807, 2.05) is 30.3 Å². The topological polar surface area (TPSA) is 96.0 Å². The molecule has 0 bridgehead atoms. The molecule has 0 radical (unpaired) electrons. The summed E-state index contributed by atoms with van der Waals surface area (Å²) < 4.78 is 45.8. The van der Waals surface area contributed by atoms with Crippen LogP contribution in [0.2, 0.25) is 5.02 Å². The number of carbonyl (C=O) groups excluding carboxylic acids is 2. The third-order valence-electron chi connectivity index (χ3n) is 6.06. The Labute approximate surface area is 239 Å². The fraction of sp³-hybridized carbons (Fsp3) is 0.310. The molecule has 0 aliphatic rings. The number of nitrogens with zero attached hydrogens (tertiary/aromatic N) is 2. The average Bonchev–Trinajstić information content (AvgIpc) is 2.89. The number of amides is 2. The molecular formula is C29H33ClFN3O5S. The molecule has 0 fully saturated rings. The van der Waals surface area contributed by atoms with Gasteiger partial charge in [-0.3, -0.25) is 13.9 Å². The van der Waals surface area contributed by atoms with Gasteiger partial charge in [0.05, 0.1) is 19.1 Å². The first-order chi connectivity index (χ1) is 18.9. The number of benzene rings is 3. The second kappa shape index (κ2) is 13.6. The molecule has 1 N–H and O–H groups in total. The van der Waals surface area contributed by atoms with Gasteiger partial charge in [0.25, 0.3) is 0 Å². The number of halogens is 2. The van der Waals surface area contributed by atoms with E-state index in [9.17, 15) is 22.4 Å². The van der Waals surface area contributed by atoms with Gasteiger partial charge in [-0.15, -0.1) is 0 Å². The molecule has 2 amide bonds. The minimum absolute atomic E-state index is 0.0631. The highest BCUT2D eigenvalue weighted by molar-refractivity contribution is 7.92. The third kappa shape index (κ3) is 8.43. The number of hydrogen-bond acceptors (Lipinski definition) is 5. The van der Waals surface area contributed by atoms with Crippen molar-refractivity contribution in [1.29, 1.82) is 0 Å². The molecule has 3 rings (SSSR count). The van der Waals surface area contributed by atoms with Crippen molar-refractivity contribution in [3.8, 4) is 5.75 Å². The lowest BCUT2D eigenvalue weighted by Crippen LogP contribution is -2.54. The van der Waals surface area contributed by atoms with E-state index in [-0.39, 0.29) is 35.5 Å². The van der Waals surface area contributed by atoms with Crippen LogP contribution in [0, 0.1) is 5.82 Å². The van der Waals surface area contributed by atoms with E-state index in [2.05, 4.69) is 5.32 Å². The molecule has 0 aliphatic heterocycles. The summed E-state index contributed by atoms with van der Waals surface area (Å²) >= 11 is 6.16. The lowest BCUT2D eigenvalue weighted by molar-refractivity contribution is -0.140.